The van der Waals surface area contributed by atoms with E-state index in [0.29, 0.717) is 19.5 Å². The molecule has 0 spiro atoms. The fourth-order valence-corrected chi connectivity index (χ4v) is 2.14. The summed E-state index contributed by atoms with van der Waals surface area (Å²) in [6, 6.07) is 0.0641. The van der Waals surface area contributed by atoms with E-state index in [1.807, 2.05) is 18.7 Å². The molecular weight excluding hydrogens is 230 g/mol. The fourth-order valence-electron chi connectivity index (χ4n) is 2.14. The van der Waals surface area contributed by atoms with Gasteiger partial charge in [0.05, 0.1) is 12.5 Å². The fraction of sp³-hybridized carbons (Fsp3) is 0.909. The van der Waals surface area contributed by atoms with E-state index in [1.165, 1.54) is 0 Å². The number of aliphatic carboxylic acids is 1. The van der Waals surface area contributed by atoms with E-state index in [1.54, 1.807) is 0 Å². The third-order valence-electron chi connectivity index (χ3n) is 3.12. The Bertz CT molecular complexity index is 262. The van der Waals surface area contributed by atoms with Gasteiger partial charge in [-0.2, -0.15) is 0 Å². The lowest BCUT2D eigenvalue weighted by Crippen LogP contribution is -2.53. The first kappa shape index (κ1) is 14.3. The van der Waals surface area contributed by atoms with Crippen LogP contribution in [0.25, 0.3) is 0 Å². The second-order valence-corrected chi connectivity index (χ2v) is 4.81. The number of rotatable bonds is 5. The normalized spacial score (nSPS) is 26.7. The molecule has 4 nitrogen and oxygen atoms in total. The zero-order valence-corrected chi connectivity index (χ0v) is 10.2. The van der Waals surface area contributed by atoms with Gasteiger partial charge in [0.1, 0.15) is 0 Å². The molecule has 0 radical (unpaired) electrons. The van der Waals surface area contributed by atoms with Crippen LogP contribution in [0, 0.1) is 5.92 Å². The summed E-state index contributed by atoms with van der Waals surface area (Å²) >= 11 is 0. The van der Waals surface area contributed by atoms with Crippen molar-refractivity contribution in [2.75, 3.05) is 19.6 Å². The molecule has 2 N–H and O–H groups in total. The van der Waals surface area contributed by atoms with Gasteiger partial charge in [-0.3, -0.25) is 9.69 Å². The molecule has 0 bridgehead atoms. The smallest absolute Gasteiger partial charge is 0.307 e. The predicted octanol–water partition coefficient (Wildman–Crippen LogP) is 1.02. The largest absolute Gasteiger partial charge is 0.481 e. The molecule has 17 heavy (non-hydrogen) atoms. The minimum absolute atomic E-state index is 0.166. The number of hydrogen-bond acceptors (Lipinski definition) is 3. The molecule has 2 atom stereocenters. The molecular formula is C11H20F2N2O2. The molecule has 6 heteroatoms. The first-order chi connectivity index (χ1) is 7.90. The highest BCUT2D eigenvalue weighted by atomic mass is 19.3. The third kappa shape index (κ3) is 4.55. The van der Waals surface area contributed by atoms with Gasteiger partial charge in [-0.15, -0.1) is 0 Å². The highest BCUT2D eigenvalue weighted by Gasteiger charge is 2.32. The van der Waals surface area contributed by atoms with Crippen LogP contribution in [0.5, 0.6) is 0 Å². The van der Waals surface area contributed by atoms with Crippen LogP contribution in [0.4, 0.5) is 8.78 Å². The molecule has 1 aliphatic rings. The zero-order valence-electron chi connectivity index (χ0n) is 10.2. The van der Waals surface area contributed by atoms with E-state index in [0.717, 1.165) is 0 Å². The molecule has 1 heterocycles. The molecule has 0 saturated carbocycles. The summed E-state index contributed by atoms with van der Waals surface area (Å²) < 4.78 is 24.2. The van der Waals surface area contributed by atoms with Gasteiger partial charge in [-0.25, -0.2) is 8.78 Å². The Hall–Kier alpha value is -0.750. The average Bonchev–Trinajstić information content (AvgIpc) is 2.25. The van der Waals surface area contributed by atoms with E-state index in [-0.39, 0.29) is 18.6 Å². The molecule has 0 aromatic heterocycles. The molecule has 0 aromatic carbocycles. The average molecular weight is 250 g/mol. The molecule has 0 aromatic rings. The maximum absolute atomic E-state index is 12.1. The van der Waals surface area contributed by atoms with Crippen LogP contribution >= 0.6 is 0 Å². The van der Waals surface area contributed by atoms with Crippen LogP contribution in [0.2, 0.25) is 0 Å². The number of carboxylic acid groups (broad SMARTS) is 1. The Kier molecular flexibility index (Phi) is 5.27. The number of carbonyl (C=O) groups is 1. The Morgan fingerprint density at radius 3 is 2.59 bits per heavy atom. The number of nitrogens with one attached hydrogen (secondary N) is 1. The van der Waals surface area contributed by atoms with E-state index >= 15 is 0 Å². The standard InChI is InChI=1S/C11H20F2N2O2/c1-7(2)15-5-8(11(16)17)3-9(6-15)14-4-10(12)13/h7-10,14H,3-6H2,1-2H3,(H,16,17). The van der Waals surface area contributed by atoms with Gasteiger partial charge < -0.3 is 10.4 Å². The van der Waals surface area contributed by atoms with E-state index in [2.05, 4.69) is 5.32 Å². The number of hydrogen-bond donors (Lipinski definition) is 2. The van der Waals surface area contributed by atoms with E-state index in [4.69, 9.17) is 5.11 Å². The minimum atomic E-state index is -2.40. The third-order valence-corrected chi connectivity index (χ3v) is 3.12. The Labute approximate surface area is 100.0 Å². The lowest BCUT2D eigenvalue weighted by molar-refractivity contribution is -0.144. The molecule has 1 fully saturated rings. The van der Waals surface area contributed by atoms with Crippen molar-refractivity contribution in [3.05, 3.63) is 0 Å². The Morgan fingerprint density at radius 2 is 2.12 bits per heavy atom. The van der Waals surface area contributed by atoms with Crippen molar-refractivity contribution in [1.29, 1.82) is 0 Å². The summed E-state index contributed by atoms with van der Waals surface area (Å²) in [5.74, 6) is -1.32. The molecule has 1 rings (SSSR count). The van der Waals surface area contributed by atoms with Gasteiger partial charge in [-0.1, -0.05) is 0 Å². The van der Waals surface area contributed by atoms with Crippen LogP contribution in [0.3, 0.4) is 0 Å². The summed E-state index contributed by atoms with van der Waals surface area (Å²) in [5, 5.41) is 11.8. The summed E-state index contributed by atoms with van der Waals surface area (Å²) in [6.45, 7) is 4.72. The van der Waals surface area contributed by atoms with Crippen LogP contribution < -0.4 is 5.32 Å². The minimum Gasteiger partial charge on any atom is -0.481 e. The van der Waals surface area contributed by atoms with Crippen molar-refractivity contribution in [1.82, 2.24) is 10.2 Å². The van der Waals surface area contributed by atoms with Crippen molar-refractivity contribution in [3.63, 3.8) is 0 Å². The summed E-state index contributed by atoms with van der Waals surface area (Å²) in [4.78, 5) is 13.0. The van der Waals surface area contributed by atoms with Crippen molar-refractivity contribution in [2.24, 2.45) is 5.92 Å². The number of alkyl halides is 2. The maximum Gasteiger partial charge on any atom is 0.307 e. The Balaban J connectivity index is 2.55. The lowest BCUT2D eigenvalue weighted by Gasteiger charge is -2.38. The van der Waals surface area contributed by atoms with Crippen molar-refractivity contribution < 1.29 is 18.7 Å². The first-order valence-corrected chi connectivity index (χ1v) is 5.88. The first-order valence-electron chi connectivity index (χ1n) is 5.88. The molecule has 100 valence electrons. The van der Waals surface area contributed by atoms with Crippen molar-refractivity contribution in [3.8, 4) is 0 Å². The van der Waals surface area contributed by atoms with Crippen molar-refractivity contribution >= 4 is 5.97 Å². The lowest BCUT2D eigenvalue weighted by atomic mass is 9.93. The van der Waals surface area contributed by atoms with Gasteiger partial charge in [0.2, 0.25) is 0 Å². The SMILES string of the molecule is CC(C)N1CC(NCC(F)F)CC(C(=O)O)C1. The quantitative estimate of drug-likeness (QED) is 0.765. The molecule has 1 saturated heterocycles. The molecule has 0 aliphatic carbocycles. The van der Waals surface area contributed by atoms with E-state index in [9.17, 15) is 13.6 Å². The number of piperidine rings is 1. The van der Waals surface area contributed by atoms with Crippen LogP contribution in [-0.4, -0.2) is 54.1 Å². The number of likely N-dealkylation sites (tertiary alicyclic amines) is 1. The van der Waals surface area contributed by atoms with Gasteiger partial charge in [-0.05, 0) is 20.3 Å². The summed E-state index contributed by atoms with van der Waals surface area (Å²) in [5.41, 5.74) is 0. The monoisotopic (exact) mass is 250 g/mol. The summed E-state index contributed by atoms with van der Waals surface area (Å²) in [7, 11) is 0. The predicted molar refractivity (Wildman–Crippen MR) is 60.2 cm³/mol. The summed E-state index contributed by atoms with van der Waals surface area (Å²) in [6.07, 6.45) is -1.97. The highest BCUT2D eigenvalue weighted by molar-refractivity contribution is 5.70. The second kappa shape index (κ2) is 6.26. The number of carboxylic acids is 1. The number of nitrogens with zero attached hydrogens (tertiary/aromatic N) is 1. The topological polar surface area (TPSA) is 52.6 Å². The Morgan fingerprint density at radius 1 is 1.47 bits per heavy atom. The van der Waals surface area contributed by atoms with Gasteiger partial charge in [0.25, 0.3) is 6.43 Å². The molecule has 0 amide bonds. The highest BCUT2D eigenvalue weighted by Crippen LogP contribution is 2.19. The molecule has 2 unspecified atom stereocenters. The van der Waals surface area contributed by atoms with Crippen LogP contribution in [0.15, 0.2) is 0 Å². The van der Waals surface area contributed by atoms with Gasteiger partial charge in [0.15, 0.2) is 0 Å². The molecule has 1 aliphatic heterocycles. The van der Waals surface area contributed by atoms with Crippen LogP contribution in [0.1, 0.15) is 20.3 Å². The van der Waals surface area contributed by atoms with Gasteiger partial charge >= 0.3 is 5.97 Å². The second-order valence-electron chi connectivity index (χ2n) is 4.81. The van der Waals surface area contributed by atoms with Crippen LogP contribution in [-0.2, 0) is 4.79 Å². The van der Waals surface area contributed by atoms with Crippen molar-refractivity contribution in [2.45, 2.75) is 38.8 Å². The van der Waals surface area contributed by atoms with E-state index < -0.39 is 18.3 Å². The zero-order chi connectivity index (χ0) is 13.0. The number of halogens is 2. The maximum atomic E-state index is 12.1. The van der Waals surface area contributed by atoms with Gasteiger partial charge in [0, 0.05) is 25.2 Å².